The molecule has 7 heteroatoms. The van der Waals surface area contributed by atoms with Gasteiger partial charge in [-0.25, -0.2) is 0 Å². The van der Waals surface area contributed by atoms with Crippen molar-refractivity contribution in [2.24, 2.45) is 17.8 Å². The van der Waals surface area contributed by atoms with Crippen LogP contribution in [0.2, 0.25) is 0 Å². The van der Waals surface area contributed by atoms with Gasteiger partial charge in [0.1, 0.15) is 6.04 Å². The molecule has 0 aromatic rings. The third-order valence-electron chi connectivity index (χ3n) is 5.79. The van der Waals surface area contributed by atoms with Crippen LogP contribution in [0.1, 0.15) is 61.3 Å². The zero-order valence-electron chi connectivity index (χ0n) is 19.2. The van der Waals surface area contributed by atoms with Crippen molar-refractivity contribution >= 4 is 11.8 Å². The van der Waals surface area contributed by atoms with Crippen LogP contribution in [0, 0.1) is 17.8 Å². The van der Waals surface area contributed by atoms with Gasteiger partial charge in [-0.15, -0.1) is 0 Å². The SMILES string of the molecule is CC(CC(C)C(C)C(=O)NC(C)C(=O)N[C@@H](C)[C@@H](O)[C@H](C)O)CC(C)N(C)C. The van der Waals surface area contributed by atoms with E-state index in [0.29, 0.717) is 12.0 Å². The third-order valence-corrected chi connectivity index (χ3v) is 5.79. The largest absolute Gasteiger partial charge is 0.391 e. The van der Waals surface area contributed by atoms with Gasteiger partial charge >= 0.3 is 0 Å². The van der Waals surface area contributed by atoms with Crippen molar-refractivity contribution in [1.29, 1.82) is 0 Å². The first-order chi connectivity index (χ1) is 12.8. The molecule has 4 N–H and O–H groups in total. The van der Waals surface area contributed by atoms with Gasteiger partial charge in [0, 0.05) is 12.0 Å². The summed E-state index contributed by atoms with van der Waals surface area (Å²) < 4.78 is 0. The molecule has 0 aromatic carbocycles. The molecule has 5 unspecified atom stereocenters. The van der Waals surface area contributed by atoms with Crippen LogP contribution < -0.4 is 10.6 Å². The van der Waals surface area contributed by atoms with Crippen LogP contribution >= 0.6 is 0 Å². The molecule has 0 fully saturated rings. The highest BCUT2D eigenvalue weighted by molar-refractivity contribution is 5.88. The molecular formula is C21H43N3O4. The summed E-state index contributed by atoms with van der Waals surface area (Å²) in [6.07, 6.45) is 0.0222. The van der Waals surface area contributed by atoms with Gasteiger partial charge in [-0.2, -0.15) is 0 Å². The molecule has 0 aliphatic rings. The van der Waals surface area contributed by atoms with E-state index in [-0.39, 0.29) is 23.7 Å². The standard InChI is InChI=1S/C21H43N3O4/c1-12(11-14(3)24(8)9)10-13(2)15(4)20(27)23-17(6)21(28)22-16(5)19(26)18(7)25/h12-19,25-26H,10-11H2,1-9H3,(H,22,28)(H,23,27)/t12?,13?,14?,15?,16-,17?,18-,19+/m0/s1. The molecule has 0 aliphatic carbocycles. The lowest BCUT2D eigenvalue weighted by Crippen LogP contribution is -2.53. The zero-order chi connectivity index (χ0) is 22.2. The quantitative estimate of drug-likeness (QED) is 0.396. The van der Waals surface area contributed by atoms with Crippen molar-refractivity contribution in [2.45, 2.75) is 91.6 Å². The molecule has 2 amide bonds. The number of nitrogens with one attached hydrogen (secondary N) is 2. The predicted molar refractivity (Wildman–Crippen MR) is 113 cm³/mol. The van der Waals surface area contributed by atoms with Crippen LogP contribution in [0.25, 0.3) is 0 Å². The Labute approximate surface area is 171 Å². The topological polar surface area (TPSA) is 102 Å². The summed E-state index contributed by atoms with van der Waals surface area (Å²) in [7, 11) is 4.15. The van der Waals surface area contributed by atoms with E-state index in [2.05, 4.69) is 50.4 Å². The van der Waals surface area contributed by atoms with Crippen LogP contribution in [0.15, 0.2) is 0 Å². The maximum atomic E-state index is 12.6. The van der Waals surface area contributed by atoms with E-state index >= 15 is 0 Å². The molecular weight excluding hydrogens is 358 g/mol. The fourth-order valence-electron chi connectivity index (χ4n) is 3.25. The Morgan fingerprint density at radius 1 is 0.857 bits per heavy atom. The van der Waals surface area contributed by atoms with Crippen molar-refractivity contribution in [3.8, 4) is 0 Å². The van der Waals surface area contributed by atoms with E-state index in [1.165, 1.54) is 6.92 Å². The number of hydrogen-bond donors (Lipinski definition) is 4. The highest BCUT2D eigenvalue weighted by Crippen LogP contribution is 2.24. The van der Waals surface area contributed by atoms with Crippen molar-refractivity contribution in [3.05, 3.63) is 0 Å². The Morgan fingerprint density at radius 3 is 1.86 bits per heavy atom. The molecule has 7 nitrogen and oxygen atoms in total. The minimum atomic E-state index is -1.06. The number of aliphatic hydroxyl groups excluding tert-OH is 2. The Kier molecular flexibility index (Phi) is 11.9. The Bertz CT molecular complexity index is 484. The molecule has 0 heterocycles. The van der Waals surface area contributed by atoms with Gasteiger partial charge in [0.25, 0.3) is 0 Å². The van der Waals surface area contributed by atoms with Crippen molar-refractivity contribution < 1.29 is 19.8 Å². The summed E-state index contributed by atoms with van der Waals surface area (Å²) in [6, 6.07) is -0.825. The van der Waals surface area contributed by atoms with E-state index in [0.717, 1.165) is 12.8 Å². The molecule has 0 radical (unpaired) electrons. The molecule has 0 spiro atoms. The van der Waals surface area contributed by atoms with Crippen LogP contribution in [0.3, 0.4) is 0 Å². The molecule has 0 saturated heterocycles. The fourth-order valence-corrected chi connectivity index (χ4v) is 3.25. The van der Waals surface area contributed by atoms with Crippen molar-refractivity contribution in [2.75, 3.05) is 14.1 Å². The predicted octanol–water partition coefficient (Wildman–Crippen LogP) is 1.38. The van der Waals surface area contributed by atoms with Crippen LogP contribution in [0.4, 0.5) is 0 Å². The molecule has 28 heavy (non-hydrogen) atoms. The van der Waals surface area contributed by atoms with E-state index in [9.17, 15) is 19.8 Å². The number of hydrogen-bond acceptors (Lipinski definition) is 5. The average molecular weight is 402 g/mol. The number of amides is 2. The monoisotopic (exact) mass is 401 g/mol. The normalized spacial score (nSPS) is 20.4. The highest BCUT2D eigenvalue weighted by Gasteiger charge is 2.27. The molecule has 0 aliphatic heterocycles. The number of carbonyl (C=O) groups excluding carboxylic acids is 2. The van der Waals surface area contributed by atoms with Gasteiger partial charge in [-0.1, -0.05) is 20.8 Å². The Hall–Kier alpha value is -1.18. The first kappa shape index (κ1) is 26.8. The van der Waals surface area contributed by atoms with E-state index < -0.39 is 24.3 Å². The van der Waals surface area contributed by atoms with Crippen LogP contribution in [0.5, 0.6) is 0 Å². The maximum absolute atomic E-state index is 12.6. The average Bonchev–Trinajstić information content (AvgIpc) is 2.59. The second kappa shape index (κ2) is 12.4. The minimum absolute atomic E-state index is 0.147. The van der Waals surface area contributed by atoms with Gasteiger partial charge in [0.2, 0.25) is 11.8 Å². The summed E-state index contributed by atoms with van der Waals surface area (Å²) in [5.41, 5.74) is 0. The Balaban J connectivity index is 4.56. The van der Waals surface area contributed by atoms with Gasteiger partial charge in [0.15, 0.2) is 0 Å². The summed E-state index contributed by atoms with van der Waals surface area (Å²) in [5, 5.41) is 24.6. The number of nitrogens with zero attached hydrogens (tertiary/aromatic N) is 1. The van der Waals surface area contributed by atoms with Crippen LogP contribution in [-0.2, 0) is 9.59 Å². The first-order valence-electron chi connectivity index (χ1n) is 10.4. The third kappa shape index (κ3) is 9.34. The molecule has 8 atom stereocenters. The molecule has 0 saturated carbocycles. The summed E-state index contributed by atoms with van der Waals surface area (Å²) in [6.45, 7) is 13.1. The number of carbonyl (C=O) groups is 2. The molecule has 166 valence electrons. The minimum Gasteiger partial charge on any atom is -0.391 e. The number of aliphatic hydroxyl groups is 2. The first-order valence-corrected chi connectivity index (χ1v) is 10.4. The van der Waals surface area contributed by atoms with Gasteiger partial charge in [-0.05, 0) is 66.5 Å². The summed E-state index contributed by atoms with van der Waals surface area (Å²) in [5.74, 6) is -0.0186. The molecule has 0 aromatic heterocycles. The van der Waals surface area contributed by atoms with E-state index in [1.54, 1.807) is 13.8 Å². The van der Waals surface area contributed by atoms with Gasteiger partial charge in [0.05, 0.1) is 18.2 Å². The van der Waals surface area contributed by atoms with E-state index in [1.807, 2.05) is 6.92 Å². The summed E-state index contributed by atoms with van der Waals surface area (Å²) >= 11 is 0. The van der Waals surface area contributed by atoms with Crippen molar-refractivity contribution in [3.63, 3.8) is 0 Å². The second-order valence-corrected chi connectivity index (χ2v) is 8.91. The van der Waals surface area contributed by atoms with Crippen LogP contribution in [-0.4, -0.2) is 71.4 Å². The van der Waals surface area contributed by atoms with Crippen molar-refractivity contribution in [1.82, 2.24) is 15.5 Å². The second-order valence-electron chi connectivity index (χ2n) is 8.91. The Morgan fingerprint density at radius 2 is 1.39 bits per heavy atom. The van der Waals surface area contributed by atoms with Gasteiger partial charge < -0.3 is 25.7 Å². The lowest BCUT2D eigenvalue weighted by atomic mass is 9.84. The smallest absolute Gasteiger partial charge is 0.242 e. The van der Waals surface area contributed by atoms with Gasteiger partial charge in [-0.3, -0.25) is 9.59 Å². The summed E-state index contributed by atoms with van der Waals surface area (Å²) in [4.78, 5) is 27.0. The van der Waals surface area contributed by atoms with E-state index in [4.69, 9.17) is 0 Å². The highest BCUT2D eigenvalue weighted by atomic mass is 16.3. The molecule has 0 rings (SSSR count). The lowest BCUT2D eigenvalue weighted by molar-refractivity contribution is -0.132. The maximum Gasteiger partial charge on any atom is 0.242 e. The zero-order valence-corrected chi connectivity index (χ0v) is 19.2. The number of rotatable bonds is 12. The molecule has 0 bridgehead atoms. The fraction of sp³-hybridized carbons (Fsp3) is 0.905. The lowest BCUT2D eigenvalue weighted by Gasteiger charge is -2.28.